The largest absolute Gasteiger partial charge is 0.497 e. The number of ether oxygens (including phenoxy) is 1. The number of aromatic nitrogens is 2. The Hall–Kier alpha value is -3.19. The Kier molecular flexibility index (Phi) is 7.42. The van der Waals surface area contributed by atoms with Crippen LogP contribution < -0.4 is 10.1 Å². The van der Waals surface area contributed by atoms with Gasteiger partial charge in [0, 0.05) is 37.0 Å². The van der Waals surface area contributed by atoms with E-state index in [0.29, 0.717) is 17.6 Å². The van der Waals surface area contributed by atoms with Crippen LogP contribution in [0, 0.1) is 11.8 Å². The first-order valence-electron chi connectivity index (χ1n) is 12.7. The van der Waals surface area contributed by atoms with Gasteiger partial charge in [0.15, 0.2) is 0 Å². The van der Waals surface area contributed by atoms with Crippen LogP contribution in [0.1, 0.15) is 49.5 Å². The number of nitrogens with zero attached hydrogens (tertiary/aromatic N) is 3. The predicted octanol–water partition coefficient (Wildman–Crippen LogP) is 4.66. The third-order valence-electron chi connectivity index (χ3n) is 7.42. The number of rotatable bonds is 8. The molecular formula is C28H34N4O3. The first-order chi connectivity index (χ1) is 17.2. The molecule has 0 spiro atoms. The second-order valence-electron chi connectivity index (χ2n) is 9.85. The number of benzene rings is 2. The van der Waals surface area contributed by atoms with Crippen LogP contribution in [0.4, 0.5) is 0 Å². The van der Waals surface area contributed by atoms with E-state index in [1.807, 2.05) is 24.3 Å². The Morgan fingerprint density at radius 2 is 1.83 bits per heavy atom. The highest BCUT2D eigenvalue weighted by atomic mass is 16.5. The number of hydrogen-bond acceptors (Lipinski definition) is 6. The van der Waals surface area contributed by atoms with Crippen LogP contribution in [0.2, 0.25) is 0 Å². The molecule has 2 aliphatic rings. The monoisotopic (exact) mass is 474 g/mol. The lowest BCUT2D eigenvalue weighted by Gasteiger charge is -2.26. The minimum atomic E-state index is 0.0806. The third kappa shape index (κ3) is 5.90. The van der Waals surface area contributed by atoms with E-state index in [2.05, 4.69) is 50.7 Å². The summed E-state index contributed by atoms with van der Waals surface area (Å²) < 4.78 is 10.8. The highest BCUT2D eigenvalue weighted by Gasteiger charge is 2.31. The fraction of sp³-hybridized carbons (Fsp3) is 0.464. The van der Waals surface area contributed by atoms with Crippen molar-refractivity contribution in [1.82, 2.24) is 20.4 Å². The molecule has 1 amide bonds. The Bertz CT molecular complexity index is 1090. The average Bonchev–Trinajstić information content (AvgIpc) is 3.58. The molecule has 1 aromatic heterocycles. The van der Waals surface area contributed by atoms with Crippen LogP contribution in [0.15, 0.2) is 59.1 Å². The topological polar surface area (TPSA) is 80.5 Å². The maximum atomic E-state index is 12.8. The van der Waals surface area contributed by atoms with E-state index < -0.39 is 0 Å². The fourth-order valence-corrected chi connectivity index (χ4v) is 5.31. The number of nitrogens with one attached hydrogen (secondary N) is 1. The molecule has 1 saturated heterocycles. The second-order valence-corrected chi connectivity index (χ2v) is 9.85. The highest BCUT2D eigenvalue weighted by Crippen LogP contribution is 2.36. The zero-order valence-electron chi connectivity index (χ0n) is 20.4. The minimum absolute atomic E-state index is 0.0806. The zero-order chi connectivity index (χ0) is 24.0. The van der Waals surface area contributed by atoms with Crippen molar-refractivity contribution in [3.63, 3.8) is 0 Å². The number of amides is 1. The first kappa shape index (κ1) is 23.5. The third-order valence-corrected chi connectivity index (χ3v) is 7.42. The average molecular weight is 475 g/mol. The lowest BCUT2D eigenvalue weighted by Crippen LogP contribution is -2.36. The smallest absolute Gasteiger partial charge is 0.230 e. The molecule has 5 rings (SSSR count). The normalized spacial score (nSPS) is 22.7. The van der Waals surface area contributed by atoms with Gasteiger partial charge in [0.05, 0.1) is 7.11 Å². The molecule has 184 valence electrons. The molecule has 35 heavy (non-hydrogen) atoms. The molecule has 2 aromatic carbocycles. The molecule has 1 atom stereocenters. The summed E-state index contributed by atoms with van der Waals surface area (Å²) in [5, 5.41) is 7.41. The van der Waals surface area contributed by atoms with Crippen molar-refractivity contribution in [2.24, 2.45) is 11.8 Å². The van der Waals surface area contributed by atoms with E-state index in [9.17, 15) is 4.79 Å². The summed E-state index contributed by atoms with van der Waals surface area (Å²) in [7, 11) is 1.65. The van der Waals surface area contributed by atoms with Crippen LogP contribution in [-0.2, 0) is 11.3 Å². The van der Waals surface area contributed by atoms with Gasteiger partial charge in [-0.2, -0.15) is 4.98 Å². The van der Waals surface area contributed by atoms with Gasteiger partial charge >= 0.3 is 0 Å². The molecule has 7 nitrogen and oxygen atoms in total. The van der Waals surface area contributed by atoms with E-state index in [0.717, 1.165) is 69.6 Å². The summed E-state index contributed by atoms with van der Waals surface area (Å²) in [5.41, 5.74) is 2.26. The van der Waals surface area contributed by atoms with Gasteiger partial charge in [0.25, 0.3) is 0 Å². The number of carbonyl (C=O) groups excluding carboxylic acids is 1. The molecule has 7 heteroatoms. The van der Waals surface area contributed by atoms with Crippen molar-refractivity contribution in [3.05, 3.63) is 66.1 Å². The number of methoxy groups -OCH3 is 1. The zero-order valence-corrected chi connectivity index (χ0v) is 20.4. The van der Waals surface area contributed by atoms with Gasteiger partial charge in [0.2, 0.25) is 17.6 Å². The molecule has 1 saturated carbocycles. The molecule has 2 fully saturated rings. The first-order valence-corrected chi connectivity index (χ1v) is 12.7. The molecule has 3 aromatic rings. The number of carbonyl (C=O) groups is 1. The highest BCUT2D eigenvalue weighted by molar-refractivity contribution is 5.78. The van der Waals surface area contributed by atoms with Crippen LogP contribution in [0.3, 0.4) is 0 Å². The van der Waals surface area contributed by atoms with E-state index in [-0.39, 0.29) is 17.7 Å². The Labute approximate surface area is 206 Å². The van der Waals surface area contributed by atoms with Crippen molar-refractivity contribution in [2.45, 2.75) is 44.6 Å². The molecular weight excluding hydrogens is 440 g/mol. The van der Waals surface area contributed by atoms with Gasteiger partial charge in [-0.3, -0.25) is 9.69 Å². The second kappa shape index (κ2) is 11.0. The Morgan fingerprint density at radius 3 is 2.57 bits per heavy atom. The van der Waals surface area contributed by atoms with E-state index >= 15 is 0 Å². The molecule has 0 radical (unpaired) electrons. The van der Waals surface area contributed by atoms with Crippen LogP contribution in [-0.4, -0.2) is 47.7 Å². The summed E-state index contributed by atoms with van der Waals surface area (Å²) in [5.74, 6) is 3.12. The predicted molar refractivity (Wildman–Crippen MR) is 134 cm³/mol. The lowest BCUT2D eigenvalue weighted by atomic mass is 9.81. The van der Waals surface area contributed by atoms with Crippen LogP contribution in [0.25, 0.3) is 11.4 Å². The quantitative estimate of drug-likeness (QED) is 0.512. The molecule has 1 N–H and O–H groups in total. The van der Waals surface area contributed by atoms with Crippen molar-refractivity contribution in [3.8, 4) is 17.1 Å². The van der Waals surface area contributed by atoms with Gasteiger partial charge in [0.1, 0.15) is 5.75 Å². The van der Waals surface area contributed by atoms with Gasteiger partial charge in [-0.25, -0.2) is 0 Å². The Morgan fingerprint density at radius 1 is 1.06 bits per heavy atom. The summed E-state index contributed by atoms with van der Waals surface area (Å²) in [6.45, 7) is 3.92. The van der Waals surface area contributed by atoms with Gasteiger partial charge in [-0.05, 0) is 74.4 Å². The van der Waals surface area contributed by atoms with E-state index in [4.69, 9.17) is 9.26 Å². The van der Waals surface area contributed by atoms with E-state index in [1.165, 1.54) is 5.56 Å². The number of hydrogen-bond donors (Lipinski definition) is 1. The molecule has 2 heterocycles. The maximum Gasteiger partial charge on any atom is 0.230 e. The van der Waals surface area contributed by atoms with Gasteiger partial charge in [-0.15, -0.1) is 0 Å². The SMILES string of the molecule is COc1ccc(-c2noc(C3CCC(C(=O)NCC4CCN(Cc5ccccc5)C4)CC3)n2)cc1. The summed E-state index contributed by atoms with van der Waals surface area (Å²) in [6, 6.07) is 18.2. The summed E-state index contributed by atoms with van der Waals surface area (Å²) >= 11 is 0. The summed E-state index contributed by atoms with van der Waals surface area (Å²) in [6.07, 6.45) is 4.67. The maximum absolute atomic E-state index is 12.8. The van der Waals surface area contributed by atoms with Crippen LogP contribution in [0.5, 0.6) is 5.75 Å². The van der Waals surface area contributed by atoms with Gasteiger partial charge in [-0.1, -0.05) is 35.5 Å². The Balaban J connectivity index is 1.05. The van der Waals surface area contributed by atoms with Crippen LogP contribution >= 0.6 is 0 Å². The van der Waals surface area contributed by atoms with Crippen molar-refractivity contribution >= 4 is 5.91 Å². The molecule has 1 aliphatic carbocycles. The molecule has 0 bridgehead atoms. The molecule has 1 unspecified atom stereocenters. The molecule has 1 aliphatic heterocycles. The van der Waals surface area contributed by atoms with Crippen molar-refractivity contribution in [2.75, 3.05) is 26.7 Å². The van der Waals surface area contributed by atoms with Crippen molar-refractivity contribution < 1.29 is 14.1 Å². The van der Waals surface area contributed by atoms with Gasteiger partial charge < -0.3 is 14.6 Å². The van der Waals surface area contributed by atoms with Crippen molar-refractivity contribution in [1.29, 1.82) is 0 Å². The number of likely N-dealkylation sites (tertiary alicyclic amines) is 1. The van der Waals surface area contributed by atoms with E-state index in [1.54, 1.807) is 7.11 Å². The minimum Gasteiger partial charge on any atom is -0.497 e. The standard InChI is InChI=1S/C28H34N4O3/c1-34-25-13-11-22(12-14-25)26-30-28(35-31-26)24-9-7-23(8-10-24)27(33)29-17-21-15-16-32(19-21)18-20-5-3-2-4-6-20/h2-6,11-14,21,23-24H,7-10,15-19H2,1H3,(H,29,33). The summed E-state index contributed by atoms with van der Waals surface area (Å²) in [4.78, 5) is 19.9. The fourth-order valence-electron chi connectivity index (χ4n) is 5.31. The lowest BCUT2D eigenvalue weighted by molar-refractivity contribution is -0.126.